The molecule has 4 rings (SSSR count). The van der Waals surface area contributed by atoms with Crippen LogP contribution >= 0.6 is 0 Å². The summed E-state index contributed by atoms with van der Waals surface area (Å²) in [5, 5.41) is 11.1. The highest BCUT2D eigenvalue weighted by atomic mass is 19.1. The number of aromatic nitrogens is 3. The van der Waals surface area contributed by atoms with Crippen LogP contribution in [0.15, 0.2) is 48.5 Å². The molecule has 2 aromatic carbocycles. The molecule has 0 radical (unpaired) electrons. The molecule has 0 unspecified atom stereocenters. The van der Waals surface area contributed by atoms with Crippen molar-refractivity contribution in [1.82, 2.24) is 20.3 Å². The minimum Gasteiger partial charge on any atom is -0.376 e. The number of rotatable bonds is 5. The molecule has 0 bridgehead atoms. The van der Waals surface area contributed by atoms with Gasteiger partial charge in [0.05, 0.1) is 17.7 Å². The van der Waals surface area contributed by atoms with Crippen LogP contribution in [0.1, 0.15) is 24.4 Å². The van der Waals surface area contributed by atoms with Crippen LogP contribution < -0.4 is 5.32 Å². The van der Waals surface area contributed by atoms with E-state index < -0.39 is 0 Å². The maximum atomic E-state index is 13.3. The fourth-order valence-electron chi connectivity index (χ4n) is 3.32. The second-order valence-electron chi connectivity index (χ2n) is 6.38. The largest absolute Gasteiger partial charge is 0.376 e. The van der Waals surface area contributed by atoms with E-state index in [0.717, 1.165) is 29.4 Å². The smallest absolute Gasteiger partial charge is 0.242 e. The van der Waals surface area contributed by atoms with Gasteiger partial charge in [0.1, 0.15) is 17.9 Å². The Balaban J connectivity index is 1.53. The predicted molar refractivity (Wildman–Crippen MR) is 93.8 cm³/mol. The number of ether oxygens (including phenoxy) is 1. The van der Waals surface area contributed by atoms with Gasteiger partial charge in [-0.15, -0.1) is 5.10 Å². The highest BCUT2D eigenvalue weighted by Crippen LogP contribution is 2.27. The Labute approximate surface area is 150 Å². The third-order valence-corrected chi connectivity index (χ3v) is 4.60. The third-order valence-electron chi connectivity index (χ3n) is 4.60. The van der Waals surface area contributed by atoms with E-state index in [1.54, 1.807) is 16.8 Å². The Morgan fingerprint density at radius 1 is 1.27 bits per heavy atom. The monoisotopic (exact) mass is 354 g/mol. The third kappa shape index (κ3) is 3.43. The van der Waals surface area contributed by atoms with Crippen LogP contribution in [0.25, 0.3) is 11.0 Å². The average molecular weight is 354 g/mol. The van der Waals surface area contributed by atoms with Gasteiger partial charge in [0.2, 0.25) is 5.91 Å². The van der Waals surface area contributed by atoms with Gasteiger partial charge in [0.25, 0.3) is 0 Å². The van der Waals surface area contributed by atoms with Crippen LogP contribution in [-0.2, 0) is 16.1 Å². The fraction of sp³-hybridized carbons (Fsp3) is 0.316. The molecule has 3 aromatic rings. The summed E-state index contributed by atoms with van der Waals surface area (Å²) in [5.41, 5.74) is 2.38. The second-order valence-corrected chi connectivity index (χ2v) is 6.38. The maximum Gasteiger partial charge on any atom is 0.242 e. The van der Waals surface area contributed by atoms with E-state index in [0.29, 0.717) is 6.61 Å². The molecule has 1 fully saturated rings. The Hall–Kier alpha value is -2.80. The van der Waals surface area contributed by atoms with Gasteiger partial charge in [-0.2, -0.15) is 0 Å². The van der Waals surface area contributed by atoms with Crippen molar-refractivity contribution >= 4 is 16.9 Å². The van der Waals surface area contributed by atoms with E-state index in [4.69, 9.17) is 4.74 Å². The minimum absolute atomic E-state index is 0.0604. The summed E-state index contributed by atoms with van der Waals surface area (Å²) in [6.07, 6.45) is 1.69. The van der Waals surface area contributed by atoms with Gasteiger partial charge in [0.15, 0.2) is 0 Å². The molecule has 134 valence electrons. The van der Waals surface area contributed by atoms with Crippen LogP contribution in [0.2, 0.25) is 0 Å². The Morgan fingerprint density at radius 2 is 2.08 bits per heavy atom. The van der Waals surface area contributed by atoms with Crippen molar-refractivity contribution in [2.24, 2.45) is 0 Å². The number of hydrogen-bond donors (Lipinski definition) is 1. The van der Waals surface area contributed by atoms with E-state index in [1.165, 1.54) is 12.1 Å². The molecule has 2 heterocycles. The minimum atomic E-state index is -0.319. The summed E-state index contributed by atoms with van der Waals surface area (Å²) >= 11 is 0. The molecule has 1 saturated heterocycles. The van der Waals surface area contributed by atoms with Gasteiger partial charge in [-0.05, 0) is 42.7 Å². The van der Waals surface area contributed by atoms with Gasteiger partial charge >= 0.3 is 0 Å². The second kappa shape index (κ2) is 7.21. The lowest BCUT2D eigenvalue weighted by molar-refractivity contribution is -0.123. The Kier molecular flexibility index (Phi) is 4.62. The molecule has 1 amide bonds. The molecular weight excluding hydrogens is 335 g/mol. The van der Waals surface area contributed by atoms with Gasteiger partial charge in [-0.3, -0.25) is 4.79 Å². The van der Waals surface area contributed by atoms with Crippen LogP contribution in [0, 0.1) is 5.82 Å². The van der Waals surface area contributed by atoms with Crippen molar-refractivity contribution < 1.29 is 13.9 Å². The molecule has 26 heavy (non-hydrogen) atoms. The van der Waals surface area contributed by atoms with Crippen LogP contribution in [0.4, 0.5) is 4.39 Å². The first-order chi connectivity index (χ1) is 12.7. The molecule has 6 nitrogen and oxygen atoms in total. The number of nitrogens with one attached hydrogen (secondary N) is 1. The van der Waals surface area contributed by atoms with Gasteiger partial charge in [-0.1, -0.05) is 29.5 Å². The zero-order chi connectivity index (χ0) is 17.9. The molecule has 0 saturated carbocycles. The molecule has 1 aromatic heterocycles. The van der Waals surface area contributed by atoms with Gasteiger partial charge < -0.3 is 10.1 Å². The summed E-state index contributed by atoms with van der Waals surface area (Å²) < 4.78 is 20.6. The molecule has 1 N–H and O–H groups in total. The zero-order valence-corrected chi connectivity index (χ0v) is 14.1. The number of carbonyl (C=O) groups excluding carboxylic acids is 1. The summed E-state index contributed by atoms with van der Waals surface area (Å²) in [7, 11) is 0. The number of fused-ring (bicyclic) bond motifs is 1. The average Bonchev–Trinajstić information content (AvgIpc) is 3.31. The van der Waals surface area contributed by atoms with E-state index in [1.807, 2.05) is 24.3 Å². The first kappa shape index (κ1) is 16.7. The zero-order valence-electron chi connectivity index (χ0n) is 14.1. The standard InChI is InChI=1S/C19H19FN4O2/c20-14-9-7-13(8-10-14)19(17-6-3-11-26-17)21-18(25)12-24-16-5-2-1-4-15(16)22-23-24/h1-2,4-5,7-10,17,19H,3,6,11-12H2,(H,21,25)/t17-,19+/m0/s1. The number of hydrogen-bond acceptors (Lipinski definition) is 4. The molecule has 1 aliphatic rings. The lowest BCUT2D eigenvalue weighted by Gasteiger charge is -2.24. The molecule has 0 spiro atoms. The molecule has 2 atom stereocenters. The fourth-order valence-corrected chi connectivity index (χ4v) is 3.32. The van der Waals surface area contributed by atoms with Crippen molar-refractivity contribution in [2.75, 3.05) is 6.61 Å². The Morgan fingerprint density at radius 3 is 2.85 bits per heavy atom. The quantitative estimate of drug-likeness (QED) is 0.765. The van der Waals surface area contributed by atoms with Crippen molar-refractivity contribution in [3.8, 4) is 0 Å². The predicted octanol–water partition coefficient (Wildman–Crippen LogP) is 2.61. The van der Waals surface area contributed by atoms with Gasteiger partial charge in [-0.25, -0.2) is 9.07 Å². The summed E-state index contributed by atoms with van der Waals surface area (Å²) in [4.78, 5) is 12.6. The maximum absolute atomic E-state index is 13.3. The van der Waals surface area contributed by atoms with Crippen LogP contribution in [0.5, 0.6) is 0 Å². The van der Waals surface area contributed by atoms with Crippen molar-refractivity contribution in [1.29, 1.82) is 0 Å². The molecular formula is C19H19FN4O2. The SMILES string of the molecule is O=C(Cn1nnc2ccccc21)N[C@H](c1ccc(F)cc1)[C@@H]1CCCO1. The van der Waals surface area contributed by atoms with E-state index >= 15 is 0 Å². The van der Waals surface area contributed by atoms with Crippen LogP contribution in [-0.4, -0.2) is 33.6 Å². The highest BCUT2D eigenvalue weighted by Gasteiger charge is 2.29. The molecule has 0 aliphatic carbocycles. The first-order valence-corrected chi connectivity index (χ1v) is 8.65. The topological polar surface area (TPSA) is 69.0 Å². The normalized spacial score (nSPS) is 18.1. The number of para-hydroxylation sites is 1. The number of carbonyl (C=O) groups is 1. The molecule has 7 heteroatoms. The summed E-state index contributed by atoms with van der Waals surface area (Å²) in [6.45, 7) is 0.733. The lowest BCUT2D eigenvalue weighted by Crippen LogP contribution is -2.38. The first-order valence-electron chi connectivity index (χ1n) is 8.65. The van der Waals surface area contributed by atoms with Crippen LogP contribution in [0.3, 0.4) is 0 Å². The van der Waals surface area contributed by atoms with Crippen molar-refractivity contribution in [2.45, 2.75) is 31.5 Å². The van der Waals surface area contributed by atoms with Crippen molar-refractivity contribution in [3.05, 3.63) is 59.9 Å². The van der Waals surface area contributed by atoms with Gasteiger partial charge in [0, 0.05) is 6.61 Å². The summed E-state index contributed by atoms with van der Waals surface area (Å²) in [5.74, 6) is -0.495. The summed E-state index contributed by atoms with van der Waals surface area (Å²) in [6, 6.07) is 13.3. The lowest BCUT2D eigenvalue weighted by atomic mass is 9.99. The number of benzene rings is 2. The number of nitrogens with zero attached hydrogens (tertiary/aromatic N) is 3. The van der Waals surface area contributed by atoms with Crippen molar-refractivity contribution in [3.63, 3.8) is 0 Å². The van der Waals surface area contributed by atoms with E-state index in [2.05, 4.69) is 15.6 Å². The number of halogens is 1. The highest BCUT2D eigenvalue weighted by molar-refractivity contribution is 5.80. The van der Waals surface area contributed by atoms with E-state index in [-0.39, 0.29) is 30.4 Å². The molecule has 1 aliphatic heterocycles. The Bertz CT molecular complexity index is 903. The number of amides is 1. The van der Waals surface area contributed by atoms with E-state index in [9.17, 15) is 9.18 Å².